The summed E-state index contributed by atoms with van der Waals surface area (Å²) in [5, 5.41) is 14.8. The molecule has 1 heterocycles. The molecular formula is C24H26ClN3O. The summed E-state index contributed by atoms with van der Waals surface area (Å²) in [5.41, 5.74) is 6.96. The van der Waals surface area contributed by atoms with E-state index in [0.717, 1.165) is 52.4 Å². The number of fused-ring (bicyclic) bond motifs is 1. The number of aliphatic hydroxyl groups is 1. The van der Waals surface area contributed by atoms with Gasteiger partial charge in [-0.25, -0.2) is 9.97 Å². The van der Waals surface area contributed by atoms with E-state index >= 15 is 0 Å². The summed E-state index contributed by atoms with van der Waals surface area (Å²) in [7, 11) is 0. The second-order valence-corrected chi connectivity index (χ2v) is 8.00. The van der Waals surface area contributed by atoms with Gasteiger partial charge in [0.1, 0.15) is 5.82 Å². The van der Waals surface area contributed by atoms with Crippen molar-refractivity contribution in [3.8, 4) is 11.3 Å². The number of aryl methyl sites for hydroxylation is 3. The van der Waals surface area contributed by atoms with Gasteiger partial charge in [0.05, 0.1) is 34.3 Å². The molecule has 29 heavy (non-hydrogen) atoms. The summed E-state index contributed by atoms with van der Waals surface area (Å²) >= 11 is 6.52. The van der Waals surface area contributed by atoms with Gasteiger partial charge in [-0.1, -0.05) is 61.8 Å². The van der Waals surface area contributed by atoms with Crippen LogP contribution in [-0.4, -0.2) is 21.2 Å². The molecule has 5 heteroatoms. The molecule has 0 amide bonds. The van der Waals surface area contributed by atoms with Crippen molar-refractivity contribution < 1.29 is 5.11 Å². The van der Waals surface area contributed by atoms with Crippen molar-refractivity contribution in [2.75, 3.05) is 5.32 Å². The quantitative estimate of drug-likeness (QED) is 0.602. The summed E-state index contributed by atoms with van der Waals surface area (Å²) in [6, 6.07) is 14.0. The summed E-state index contributed by atoms with van der Waals surface area (Å²) in [6.07, 6.45) is 1.66. The standard InChI is InChI=1S/C24H26ClN3O/c1-4-19-22(17-11-10-14(3)12-18(17)25)26-20(5-2)24(27-19)28-23-16-9-7-6-8-15(16)13-21(23)29/h6-12,21,23,29H,4-5,13H2,1-3H3,(H,27,28)/t21-,23+/m0/s1. The first kappa shape index (κ1) is 19.9. The van der Waals surface area contributed by atoms with Crippen molar-refractivity contribution in [3.63, 3.8) is 0 Å². The number of hydrogen-bond donors (Lipinski definition) is 2. The van der Waals surface area contributed by atoms with Gasteiger partial charge in [-0.15, -0.1) is 0 Å². The van der Waals surface area contributed by atoms with Gasteiger partial charge in [-0.2, -0.15) is 0 Å². The number of anilines is 1. The van der Waals surface area contributed by atoms with Crippen molar-refractivity contribution in [2.45, 2.75) is 52.2 Å². The number of rotatable bonds is 5. The Kier molecular flexibility index (Phi) is 5.57. The lowest BCUT2D eigenvalue weighted by Gasteiger charge is -2.22. The maximum Gasteiger partial charge on any atom is 0.148 e. The van der Waals surface area contributed by atoms with Crippen molar-refractivity contribution in [2.24, 2.45) is 0 Å². The Morgan fingerprint density at radius 3 is 2.55 bits per heavy atom. The van der Waals surface area contributed by atoms with E-state index in [2.05, 4.69) is 31.3 Å². The Labute approximate surface area is 177 Å². The van der Waals surface area contributed by atoms with E-state index in [1.54, 1.807) is 0 Å². The minimum Gasteiger partial charge on any atom is -0.390 e. The van der Waals surface area contributed by atoms with Crippen LogP contribution in [0.3, 0.4) is 0 Å². The molecule has 0 fully saturated rings. The summed E-state index contributed by atoms with van der Waals surface area (Å²) in [4.78, 5) is 9.88. The van der Waals surface area contributed by atoms with E-state index in [-0.39, 0.29) is 6.04 Å². The van der Waals surface area contributed by atoms with E-state index in [9.17, 15) is 5.11 Å². The lowest BCUT2D eigenvalue weighted by atomic mass is 10.0. The lowest BCUT2D eigenvalue weighted by Crippen LogP contribution is -2.23. The predicted molar refractivity (Wildman–Crippen MR) is 118 cm³/mol. The number of benzene rings is 2. The van der Waals surface area contributed by atoms with E-state index in [1.165, 1.54) is 5.56 Å². The van der Waals surface area contributed by atoms with Crippen molar-refractivity contribution in [1.82, 2.24) is 9.97 Å². The predicted octanol–water partition coefficient (Wildman–Crippen LogP) is 5.30. The van der Waals surface area contributed by atoms with E-state index in [0.29, 0.717) is 11.4 Å². The molecule has 0 saturated heterocycles. The lowest BCUT2D eigenvalue weighted by molar-refractivity contribution is 0.165. The van der Waals surface area contributed by atoms with Crippen LogP contribution < -0.4 is 5.32 Å². The average molecular weight is 408 g/mol. The molecule has 4 rings (SSSR count). The van der Waals surface area contributed by atoms with Crippen LogP contribution >= 0.6 is 11.6 Å². The molecule has 0 bridgehead atoms. The molecule has 150 valence electrons. The Morgan fingerprint density at radius 2 is 1.83 bits per heavy atom. The molecule has 1 aliphatic rings. The van der Waals surface area contributed by atoms with Crippen LogP contribution in [0, 0.1) is 6.92 Å². The first-order chi connectivity index (χ1) is 14.0. The Bertz CT molecular complexity index is 1050. The van der Waals surface area contributed by atoms with Gasteiger partial charge in [0.25, 0.3) is 0 Å². The molecule has 2 atom stereocenters. The highest BCUT2D eigenvalue weighted by atomic mass is 35.5. The number of nitrogens with zero attached hydrogens (tertiary/aromatic N) is 2. The van der Waals surface area contributed by atoms with Crippen molar-refractivity contribution in [3.05, 3.63) is 75.6 Å². The van der Waals surface area contributed by atoms with Crippen LogP contribution in [0.2, 0.25) is 5.02 Å². The summed E-state index contributed by atoms with van der Waals surface area (Å²) < 4.78 is 0. The first-order valence-corrected chi connectivity index (χ1v) is 10.6. The third-order valence-electron chi connectivity index (χ3n) is 5.59. The minimum absolute atomic E-state index is 0.177. The van der Waals surface area contributed by atoms with Crippen LogP contribution in [0.5, 0.6) is 0 Å². The van der Waals surface area contributed by atoms with Crippen molar-refractivity contribution >= 4 is 17.4 Å². The largest absolute Gasteiger partial charge is 0.390 e. The number of aliphatic hydroxyl groups excluding tert-OH is 1. The van der Waals surface area contributed by atoms with Gasteiger partial charge >= 0.3 is 0 Å². The van der Waals surface area contributed by atoms with Crippen LogP contribution in [-0.2, 0) is 19.3 Å². The highest BCUT2D eigenvalue weighted by Gasteiger charge is 2.31. The zero-order chi connectivity index (χ0) is 20.5. The molecule has 0 saturated carbocycles. The highest BCUT2D eigenvalue weighted by Crippen LogP contribution is 2.36. The summed E-state index contributed by atoms with van der Waals surface area (Å²) in [5.74, 6) is 0.747. The normalized spacial score (nSPS) is 18.0. The third kappa shape index (κ3) is 3.75. The number of nitrogens with one attached hydrogen (secondary N) is 1. The molecule has 3 aromatic rings. The highest BCUT2D eigenvalue weighted by molar-refractivity contribution is 6.33. The molecule has 2 aromatic carbocycles. The third-order valence-corrected chi connectivity index (χ3v) is 5.90. The minimum atomic E-state index is -0.477. The molecule has 1 aliphatic carbocycles. The molecule has 0 spiro atoms. The number of aromatic nitrogens is 2. The van der Waals surface area contributed by atoms with Crippen LogP contribution in [0.25, 0.3) is 11.3 Å². The molecular weight excluding hydrogens is 382 g/mol. The van der Waals surface area contributed by atoms with Crippen molar-refractivity contribution in [1.29, 1.82) is 0 Å². The maximum absolute atomic E-state index is 10.6. The fraction of sp³-hybridized carbons (Fsp3) is 0.333. The Morgan fingerprint density at radius 1 is 1.07 bits per heavy atom. The maximum atomic E-state index is 10.6. The van der Waals surface area contributed by atoms with Gasteiger partial charge in [-0.3, -0.25) is 0 Å². The van der Waals surface area contributed by atoms with Crippen LogP contribution in [0.15, 0.2) is 42.5 Å². The van der Waals surface area contributed by atoms with E-state index < -0.39 is 6.10 Å². The molecule has 4 nitrogen and oxygen atoms in total. The zero-order valence-electron chi connectivity index (χ0n) is 17.0. The van der Waals surface area contributed by atoms with E-state index in [1.807, 2.05) is 37.3 Å². The number of halogens is 1. The molecule has 0 unspecified atom stereocenters. The van der Waals surface area contributed by atoms with Gasteiger partial charge < -0.3 is 10.4 Å². The second kappa shape index (κ2) is 8.13. The topological polar surface area (TPSA) is 58.0 Å². The monoisotopic (exact) mass is 407 g/mol. The van der Waals surface area contributed by atoms with Gasteiger partial charge in [0.2, 0.25) is 0 Å². The van der Waals surface area contributed by atoms with Crippen LogP contribution in [0.1, 0.15) is 48.0 Å². The fourth-order valence-corrected chi connectivity index (χ4v) is 4.36. The van der Waals surface area contributed by atoms with Crippen LogP contribution in [0.4, 0.5) is 5.82 Å². The number of hydrogen-bond acceptors (Lipinski definition) is 4. The average Bonchev–Trinajstić information content (AvgIpc) is 3.03. The van der Waals surface area contributed by atoms with Gasteiger partial charge in [-0.05, 0) is 42.5 Å². The zero-order valence-corrected chi connectivity index (χ0v) is 17.8. The van der Waals surface area contributed by atoms with E-state index in [4.69, 9.17) is 21.6 Å². The smallest absolute Gasteiger partial charge is 0.148 e. The molecule has 0 aliphatic heterocycles. The molecule has 1 aromatic heterocycles. The first-order valence-electron chi connectivity index (χ1n) is 10.2. The summed E-state index contributed by atoms with van der Waals surface area (Å²) in [6.45, 7) is 6.17. The Balaban J connectivity index is 1.76. The fourth-order valence-electron chi connectivity index (χ4n) is 4.04. The Hall–Kier alpha value is -2.43. The second-order valence-electron chi connectivity index (χ2n) is 7.60. The molecule has 2 N–H and O–H groups in total. The van der Waals surface area contributed by atoms with Gasteiger partial charge in [0.15, 0.2) is 0 Å². The van der Waals surface area contributed by atoms with Gasteiger partial charge in [0, 0.05) is 12.0 Å². The SMILES string of the molecule is CCc1nc(-c2ccc(C)cc2Cl)c(CC)nc1N[C@@H]1c2ccccc2C[C@@H]1O. The molecule has 0 radical (unpaired) electrons.